The fraction of sp³-hybridized carbons (Fsp3) is 0.850. The van der Waals surface area contributed by atoms with E-state index in [-0.39, 0.29) is 34.9 Å². The van der Waals surface area contributed by atoms with Crippen LogP contribution in [0.1, 0.15) is 46.5 Å². The van der Waals surface area contributed by atoms with Crippen LogP contribution in [0.3, 0.4) is 0 Å². The summed E-state index contributed by atoms with van der Waals surface area (Å²) in [6, 6.07) is -0.780. The first-order valence-corrected chi connectivity index (χ1v) is 11.1. The van der Waals surface area contributed by atoms with Crippen molar-refractivity contribution < 1.29 is 29.0 Å². The van der Waals surface area contributed by atoms with E-state index < -0.39 is 29.6 Å². The zero-order valence-corrected chi connectivity index (χ0v) is 17.8. The van der Waals surface area contributed by atoms with Crippen molar-refractivity contribution in [3.8, 4) is 0 Å². The van der Waals surface area contributed by atoms with Crippen LogP contribution in [0.4, 0.5) is 0 Å². The molecule has 1 saturated heterocycles. The van der Waals surface area contributed by atoms with Gasteiger partial charge in [-0.25, -0.2) is 4.79 Å². The quantitative estimate of drug-likeness (QED) is 0.610. The number of thioether (sulfide) groups is 1. The standard InChI is InChI=1S/C20H31NO6S/c1-10(2)7-15(22)21-13(18(23)26-4)9-28-17-11(3)8-12-5-6-14-20(12,25)16(17)19(24)27-14/h10-14,16-17,25H,5-9H2,1-4H3,(H,21,22). The molecule has 7 nitrogen and oxygen atoms in total. The Bertz CT molecular complexity index is 640. The van der Waals surface area contributed by atoms with Crippen molar-refractivity contribution in [2.75, 3.05) is 12.9 Å². The van der Waals surface area contributed by atoms with E-state index in [1.165, 1.54) is 18.9 Å². The molecule has 0 aromatic heterocycles. The minimum atomic E-state index is -1.09. The Morgan fingerprint density at radius 3 is 2.75 bits per heavy atom. The molecule has 2 N–H and O–H groups in total. The smallest absolute Gasteiger partial charge is 0.329 e. The lowest BCUT2D eigenvalue weighted by Crippen LogP contribution is -2.56. The minimum Gasteiger partial charge on any atom is -0.467 e. The van der Waals surface area contributed by atoms with Gasteiger partial charge < -0.3 is 19.9 Å². The van der Waals surface area contributed by atoms with Crippen LogP contribution in [0.5, 0.6) is 0 Å². The monoisotopic (exact) mass is 413 g/mol. The lowest BCUT2D eigenvalue weighted by atomic mass is 9.66. The van der Waals surface area contributed by atoms with E-state index >= 15 is 0 Å². The Labute approximate surface area is 170 Å². The first-order valence-electron chi connectivity index (χ1n) is 10.1. The van der Waals surface area contributed by atoms with Crippen molar-refractivity contribution >= 4 is 29.6 Å². The van der Waals surface area contributed by atoms with Crippen LogP contribution in [-0.2, 0) is 23.9 Å². The van der Waals surface area contributed by atoms with Gasteiger partial charge in [0.25, 0.3) is 0 Å². The maximum atomic E-state index is 12.5. The molecule has 2 saturated carbocycles. The Balaban J connectivity index is 1.71. The Morgan fingerprint density at radius 2 is 2.11 bits per heavy atom. The van der Waals surface area contributed by atoms with Crippen molar-refractivity contribution in [2.45, 2.75) is 69.5 Å². The SMILES string of the molecule is COC(=O)C(CSC1C(C)CC2CCC3OC(=O)C1C23O)NC(=O)CC(C)C. The molecule has 2 aliphatic carbocycles. The number of amides is 1. The number of aliphatic hydroxyl groups is 1. The summed E-state index contributed by atoms with van der Waals surface area (Å²) in [6.45, 7) is 5.96. The van der Waals surface area contributed by atoms with Crippen molar-refractivity contribution in [1.29, 1.82) is 0 Å². The molecule has 8 heteroatoms. The van der Waals surface area contributed by atoms with Crippen LogP contribution in [0.25, 0.3) is 0 Å². The number of hydrogen-bond acceptors (Lipinski definition) is 7. The molecule has 3 fully saturated rings. The van der Waals surface area contributed by atoms with Gasteiger partial charge in [0.05, 0.1) is 7.11 Å². The molecule has 3 aliphatic rings. The molecular weight excluding hydrogens is 382 g/mol. The normalized spacial score (nSPS) is 37.4. The summed E-state index contributed by atoms with van der Waals surface area (Å²) in [6.07, 6.45) is 2.34. The highest BCUT2D eigenvalue weighted by molar-refractivity contribution is 8.00. The molecule has 0 aromatic carbocycles. The highest BCUT2D eigenvalue weighted by atomic mass is 32.2. The fourth-order valence-corrected chi connectivity index (χ4v) is 6.70. The van der Waals surface area contributed by atoms with Gasteiger partial charge in [-0.3, -0.25) is 9.59 Å². The molecular formula is C20H31NO6S. The van der Waals surface area contributed by atoms with Crippen LogP contribution in [0.15, 0.2) is 0 Å². The molecule has 28 heavy (non-hydrogen) atoms. The molecule has 1 aliphatic heterocycles. The molecule has 0 aromatic rings. The molecule has 1 heterocycles. The van der Waals surface area contributed by atoms with Gasteiger partial charge in [0.1, 0.15) is 23.7 Å². The van der Waals surface area contributed by atoms with E-state index in [2.05, 4.69) is 12.2 Å². The second-order valence-electron chi connectivity index (χ2n) is 8.82. The summed E-state index contributed by atoms with van der Waals surface area (Å²) in [7, 11) is 1.29. The molecule has 7 unspecified atom stereocenters. The molecule has 3 rings (SSSR count). The topological polar surface area (TPSA) is 102 Å². The number of carbonyl (C=O) groups is 3. The first kappa shape index (κ1) is 21.4. The average molecular weight is 414 g/mol. The van der Waals surface area contributed by atoms with Gasteiger partial charge in [-0.1, -0.05) is 20.8 Å². The minimum absolute atomic E-state index is 0.0861. The third-order valence-electron chi connectivity index (χ3n) is 6.37. The van der Waals surface area contributed by atoms with Crippen LogP contribution < -0.4 is 5.32 Å². The summed E-state index contributed by atoms with van der Waals surface area (Å²) in [4.78, 5) is 36.8. The second-order valence-corrected chi connectivity index (χ2v) is 10.0. The van der Waals surface area contributed by atoms with Crippen LogP contribution in [0.2, 0.25) is 0 Å². The number of esters is 2. The second kappa shape index (κ2) is 8.22. The van der Waals surface area contributed by atoms with Crippen LogP contribution in [0, 0.1) is 23.7 Å². The van der Waals surface area contributed by atoms with Gasteiger partial charge in [0.2, 0.25) is 5.91 Å². The number of nitrogens with one attached hydrogen (secondary N) is 1. The average Bonchev–Trinajstić information content (AvgIpc) is 3.06. The lowest BCUT2D eigenvalue weighted by molar-refractivity contribution is -0.145. The third kappa shape index (κ3) is 3.77. The van der Waals surface area contributed by atoms with E-state index in [9.17, 15) is 19.5 Å². The van der Waals surface area contributed by atoms with Crippen molar-refractivity contribution in [2.24, 2.45) is 23.7 Å². The van der Waals surface area contributed by atoms with Gasteiger partial charge in [-0.2, -0.15) is 11.8 Å². The van der Waals surface area contributed by atoms with E-state index in [0.29, 0.717) is 18.6 Å². The largest absolute Gasteiger partial charge is 0.467 e. The van der Waals surface area contributed by atoms with Crippen LogP contribution >= 0.6 is 11.8 Å². The Morgan fingerprint density at radius 1 is 1.39 bits per heavy atom. The van der Waals surface area contributed by atoms with E-state index in [1.807, 2.05) is 13.8 Å². The number of ether oxygens (including phenoxy) is 2. The predicted octanol–water partition coefficient (Wildman–Crippen LogP) is 1.51. The van der Waals surface area contributed by atoms with Crippen molar-refractivity contribution in [3.05, 3.63) is 0 Å². The molecule has 1 amide bonds. The van der Waals surface area contributed by atoms with Gasteiger partial charge >= 0.3 is 11.9 Å². The first-order chi connectivity index (χ1) is 13.2. The molecule has 7 atom stereocenters. The number of hydrogen-bond donors (Lipinski definition) is 2. The summed E-state index contributed by atoms with van der Waals surface area (Å²) in [5, 5.41) is 13.9. The van der Waals surface area contributed by atoms with Crippen molar-refractivity contribution in [1.82, 2.24) is 5.32 Å². The highest BCUT2D eigenvalue weighted by Crippen LogP contribution is 2.58. The molecule has 158 valence electrons. The maximum Gasteiger partial charge on any atom is 0.329 e. The number of methoxy groups -OCH3 is 1. The van der Waals surface area contributed by atoms with E-state index in [0.717, 1.165) is 12.8 Å². The number of rotatable bonds is 7. The molecule has 0 bridgehead atoms. The lowest BCUT2D eigenvalue weighted by Gasteiger charge is -2.44. The van der Waals surface area contributed by atoms with Gasteiger partial charge in [-0.05, 0) is 37.0 Å². The summed E-state index contributed by atoms with van der Waals surface area (Å²) >= 11 is 1.45. The summed E-state index contributed by atoms with van der Waals surface area (Å²) in [5.41, 5.74) is -1.09. The van der Waals surface area contributed by atoms with Gasteiger partial charge in [0, 0.05) is 17.4 Å². The predicted molar refractivity (Wildman–Crippen MR) is 104 cm³/mol. The van der Waals surface area contributed by atoms with Gasteiger partial charge in [0.15, 0.2) is 0 Å². The summed E-state index contributed by atoms with van der Waals surface area (Å²) < 4.78 is 10.3. The third-order valence-corrected chi connectivity index (χ3v) is 8.02. The molecule has 0 spiro atoms. The zero-order chi connectivity index (χ0) is 20.6. The zero-order valence-electron chi connectivity index (χ0n) is 17.0. The Kier molecular flexibility index (Phi) is 6.29. The highest BCUT2D eigenvalue weighted by Gasteiger charge is 2.68. The Hall–Kier alpha value is -1.28. The maximum absolute atomic E-state index is 12.5. The van der Waals surface area contributed by atoms with Crippen molar-refractivity contribution in [3.63, 3.8) is 0 Å². The van der Waals surface area contributed by atoms with E-state index in [1.54, 1.807) is 0 Å². The summed E-state index contributed by atoms with van der Waals surface area (Å²) in [5.74, 6) is -0.848. The number of carbonyl (C=O) groups excluding carboxylic acids is 3. The fourth-order valence-electron chi connectivity index (χ4n) is 5.11. The van der Waals surface area contributed by atoms with E-state index in [4.69, 9.17) is 9.47 Å². The van der Waals surface area contributed by atoms with Crippen LogP contribution in [-0.4, -0.2) is 58.8 Å². The van der Waals surface area contributed by atoms with Gasteiger partial charge in [-0.15, -0.1) is 0 Å². The molecule has 0 radical (unpaired) electrons.